The molecule has 0 aliphatic carbocycles. The van der Waals surface area contributed by atoms with Crippen LogP contribution in [0.1, 0.15) is 91.6 Å². The van der Waals surface area contributed by atoms with Crippen molar-refractivity contribution in [3.63, 3.8) is 0 Å². The molecular weight excluding hydrogens is 1320 g/mol. The number of ketones is 3. The molecule has 3 saturated heterocycles. The molecule has 1 atom stereocenters. The highest BCUT2D eigenvalue weighted by Crippen LogP contribution is 2.33. The number of pyridine rings is 3. The van der Waals surface area contributed by atoms with Gasteiger partial charge in [-0.2, -0.15) is 15.3 Å². The Balaban J connectivity index is 0.000000140. The first-order chi connectivity index (χ1) is 51.0. The molecule has 20 nitrogen and oxygen atoms in total. The summed E-state index contributed by atoms with van der Waals surface area (Å²) in [6.45, 7) is 20.0. The summed E-state index contributed by atoms with van der Waals surface area (Å²) in [5.74, 6) is 1.22. The third-order valence-corrected chi connectivity index (χ3v) is 19.3. The fourth-order valence-corrected chi connectivity index (χ4v) is 13.4. The first-order valence-corrected chi connectivity index (χ1v) is 35.9. The summed E-state index contributed by atoms with van der Waals surface area (Å²) in [5.41, 5.74) is 15.5. The lowest BCUT2D eigenvalue weighted by Crippen LogP contribution is -2.36. The third-order valence-electron chi connectivity index (χ3n) is 19.3. The molecule has 0 radical (unpaired) electrons. The molecule has 0 bridgehead atoms. The Morgan fingerprint density at radius 1 is 0.400 bits per heavy atom. The second kappa shape index (κ2) is 33.9. The lowest BCUT2D eigenvalue weighted by Gasteiger charge is -2.27. The van der Waals surface area contributed by atoms with E-state index in [1.54, 1.807) is 30.5 Å². The number of hydrogen-bond donors (Lipinski definition) is 0. The number of benzene rings is 6. The second-order valence-corrected chi connectivity index (χ2v) is 27.3. The molecule has 15 rings (SSSR count). The predicted octanol–water partition coefficient (Wildman–Crippen LogP) is 13.5. The molecule has 9 heterocycles. The Morgan fingerprint density at radius 2 is 0.705 bits per heavy atom. The van der Waals surface area contributed by atoms with Gasteiger partial charge >= 0.3 is 0 Å². The van der Waals surface area contributed by atoms with Crippen molar-refractivity contribution >= 4 is 49.7 Å². The van der Waals surface area contributed by atoms with Gasteiger partial charge in [-0.25, -0.2) is 4.39 Å². The number of hydrogen-bond acceptors (Lipinski definition) is 17. The highest BCUT2D eigenvalue weighted by molar-refractivity contribution is 6.00. The van der Waals surface area contributed by atoms with Crippen LogP contribution in [0.25, 0.3) is 65.7 Å². The number of aryl methyl sites for hydroxylation is 4. The molecule has 3 aliphatic heterocycles. The number of alkyl halides is 1. The first kappa shape index (κ1) is 72.8. The van der Waals surface area contributed by atoms with Crippen LogP contribution >= 0.6 is 0 Å². The van der Waals surface area contributed by atoms with Gasteiger partial charge in [0.2, 0.25) is 6.36 Å². The van der Waals surface area contributed by atoms with Gasteiger partial charge in [0.1, 0.15) is 11.5 Å². The van der Waals surface area contributed by atoms with Crippen molar-refractivity contribution in [2.24, 2.45) is 21.1 Å². The van der Waals surface area contributed by atoms with Crippen molar-refractivity contribution in [3.05, 3.63) is 239 Å². The van der Waals surface area contributed by atoms with Crippen LogP contribution in [-0.2, 0) is 74.3 Å². The maximum atomic E-state index is 13.0. The zero-order valence-electron chi connectivity index (χ0n) is 60.7. The summed E-state index contributed by atoms with van der Waals surface area (Å²) in [7, 11) is 5.97. The van der Waals surface area contributed by atoms with Crippen LogP contribution in [0.5, 0.6) is 11.5 Å². The largest absolute Gasteiger partial charge is 0.491 e. The number of Topliss-reactive ketones (excluding diaryl/α,β-unsaturated/α-hetero) is 3. The molecule has 0 N–H and O–H groups in total. The van der Waals surface area contributed by atoms with Crippen LogP contribution < -0.4 is 9.47 Å². The van der Waals surface area contributed by atoms with Gasteiger partial charge in [-0.3, -0.25) is 58.1 Å². The Morgan fingerprint density at radius 3 is 1.01 bits per heavy atom. The van der Waals surface area contributed by atoms with Crippen LogP contribution in [-0.4, -0.2) is 168 Å². The molecule has 3 aliphatic rings. The third kappa shape index (κ3) is 18.7. The van der Waals surface area contributed by atoms with E-state index in [2.05, 4.69) is 99.5 Å². The zero-order valence-corrected chi connectivity index (χ0v) is 60.7. The molecule has 0 saturated carbocycles. The topological polar surface area (TPSA) is 199 Å². The van der Waals surface area contributed by atoms with E-state index in [0.717, 1.165) is 198 Å². The number of rotatable bonds is 22. The van der Waals surface area contributed by atoms with Crippen LogP contribution in [0.15, 0.2) is 183 Å². The van der Waals surface area contributed by atoms with Crippen molar-refractivity contribution in [2.75, 3.05) is 78.9 Å². The number of morpholine rings is 3. The summed E-state index contributed by atoms with van der Waals surface area (Å²) in [6.07, 6.45) is 10.7. The van der Waals surface area contributed by atoms with E-state index in [4.69, 9.17) is 23.7 Å². The van der Waals surface area contributed by atoms with Crippen LogP contribution in [0, 0.1) is 6.92 Å². The van der Waals surface area contributed by atoms with Crippen molar-refractivity contribution < 1.29 is 42.5 Å². The van der Waals surface area contributed by atoms with E-state index in [1.165, 1.54) is 18.3 Å². The molecule has 6 aromatic carbocycles. The molecule has 1 unspecified atom stereocenters. The Hall–Kier alpha value is -10.5. The van der Waals surface area contributed by atoms with Gasteiger partial charge in [-0.05, 0) is 139 Å². The summed E-state index contributed by atoms with van der Waals surface area (Å²) in [6, 6.07) is 46.6. The van der Waals surface area contributed by atoms with Crippen LogP contribution in [0.3, 0.4) is 0 Å². The Kier molecular flexibility index (Phi) is 23.5. The van der Waals surface area contributed by atoms with Gasteiger partial charge in [0.25, 0.3) is 0 Å². The standard InChI is InChI=1S/C29H32N4O3.C28H29FN4O3.C27H28N4O2/c1-20(2)36-26-8-6-21(7-9-26)29(34)16-25-15-24-14-22(4-5-23(24)17-30-25)27-18-31-32(3)28(27)19-33-10-12-35-13-11-33;1-19(29)36-25-7-5-20(6-8-25)28(34)15-24-14-23-13-21(3-4-22(23)16-30-24)26-17-31-32(2)27(26)18-33-9-11-35-12-10-33;1-19-3-5-20(6-4-19)27(32)15-24-14-23-13-21(7-8-22(23)16-28-24)25-17-29-30(2)26(25)18-31-9-11-33-12-10-31/h4-9,14-15,17-18,20H,10-13,16,19H2,1-3H3;3-8,13-14,16-17,19H,9-12,15,18H2,1-2H3;3-8,13-14,16-17H,9-12,15,18H2,1-2H3. The van der Waals surface area contributed by atoms with Crippen molar-refractivity contribution in [1.82, 2.24) is 59.0 Å². The maximum absolute atomic E-state index is 13.0. The minimum atomic E-state index is -1.40. The molecule has 0 amide bonds. The average molecular weight is 1410 g/mol. The number of carbonyl (C=O) groups is 3. The molecule has 6 aromatic heterocycles. The first-order valence-electron chi connectivity index (χ1n) is 35.9. The van der Waals surface area contributed by atoms with E-state index >= 15 is 0 Å². The van der Waals surface area contributed by atoms with Crippen molar-refractivity contribution in [1.29, 1.82) is 0 Å². The quantitative estimate of drug-likeness (QED) is 0.0580. The molecule has 21 heteroatoms. The van der Waals surface area contributed by atoms with E-state index < -0.39 is 6.36 Å². The monoisotopic (exact) mass is 1410 g/mol. The van der Waals surface area contributed by atoms with Crippen molar-refractivity contribution in [3.8, 4) is 44.9 Å². The number of ether oxygens (including phenoxy) is 5. The number of halogens is 1. The second-order valence-electron chi connectivity index (χ2n) is 27.3. The minimum absolute atomic E-state index is 0.0363. The Bertz CT molecular complexity index is 4780. The van der Waals surface area contributed by atoms with Gasteiger partial charge in [0.15, 0.2) is 17.3 Å². The normalized spacial score (nSPS) is 14.8. The molecule has 12 aromatic rings. The lowest BCUT2D eigenvalue weighted by molar-refractivity contribution is 0.0331. The minimum Gasteiger partial charge on any atom is -0.491 e. The smallest absolute Gasteiger partial charge is 0.235 e. The molecular formula is C84H89FN12O8. The summed E-state index contributed by atoms with van der Waals surface area (Å²) >= 11 is 0. The number of nitrogens with zero attached hydrogens (tertiary/aromatic N) is 12. The lowest BCUT2D eigenvalue weighted by atomic mass is 10.0. The number of fused-ring (bicyclic) bond motifs is 3. The summed E-state index contributed by atoms with van der Waals surface area (Å²) < 4.78 is 46.0. The van der Waals surface area contributed by atoms with Gasteiger partial charge in [0, 0.05) is 172 Å². The van der Waals surface area contributed by atoms with Gasteiger partial charge in [-0.1, -0.05) is 66.2 Å². The van der Waals surface area contributed by atoms with Gasteiger partial charge < -0.3 is 23.7 Å². The van der Waals surface area contributed by atoms with Crippen LogP contribution in [0.2, 0.25) is 0 Å². The maximum Gasteiger partial charge on any atom is 0.235 e. The van der Waals surface area contributed by atoms with Crippen LogP contribution in [0.4, 0.5) is 4.39 Å². The van der Waals surface area contributed by atoms with E-state index in [9.17, 15) is 18.8 Å². The molecule has 105 heavy (non-hydrogen) atoms. The number of carbonyl (C=O) groups excluding carboxylic acids is 3. The highest BCUT2D eigenvalue weighted by atomic mass is 19.1. The van der Waals surface area contributed by atoms with Gasteiger partial charge in [-0.15, -0.1) is 0 Å². The van der Waals surface area contributed by atoms with E-state index in [-0.39, 0.29) is 36.3 Å². The number of aromatic nitrogens is 9. The van der Waals surface area contributed by atoms with Gasteiger partial charge in [0.05, 0.1) is 101 Å². The fourth-order valence-electron chi connectivity index (χ4n) is 13.4. The SMILES string of the molecule is CC(C)Oc1ccc(C(=O)Cc2cc3cc(-c4cnn(C)c4CN4CCOCC4)ccc3cn2)cc1.CC(F)Oc1ccc(C(=O)Cc2cc3cc(-c4cnn(C)c4CN4CCOCC4)ccc3cn2)cc1.Cc1ccc(C(=O)Cc2cc3cc(-c4cnn(C)c4CN4CCOCC4)ccc3cn2)cc1. The predicted molar refractivity (Wildman–Crippen MR) is 405 cm³/mol. The summed E-state index contributed by atoms with van der Waals surface area (Å²) in [5, 5.41) is 19.9. The molecule has 3 fully saturated rings. The zero-order chi connectivity index (χ0) is 72.9. The Labute approximate surface area is 611 Å². The van der Waals surface area contributed by atoms with E-state index in [1.807, 2.05) is 154 Å². The highest BCUT2D eigenvalue weighted by Gasteiger charge is 2.23. The average Bonchev–Trinajstić information content (AvgIpc) is 1.78. The fraction of sp³-hybridized carbons (Fsp3) is 0.321. The summed E-state index contributed by atoms with van der Waals surface area (Å²) in [4.78, 5) is 59.2. The molecule has 540 valence electrons. The molecule has 0 spiro atoms. The van der Waals surface area contributed by atoms with Crippen molar-refractivity contribution in [2.45, 2.75) is 79.1 Å². The van der Waals surface area contributed by atoms with E-state index in [0.29, 0.717) is 29.0 Å².